The molecule has 3 heterocycles. The first-order valence-electron chi connectivity index (χ1n) is 10.0. The predicted molar refractivity (Wildman–Crippen MR) is 109 cm³/mol. The standard InChI is InChI=1S/C22H24N4O3/c1-15(27)24-11-20-13-26(21(28)29-20)19-4-2-16(3-5-19)22-10-17(22)12-25(14-22)18-6-8-23-9-7-18/h2-9,17,20H,10-14H2,1H3,(H,24,27). The number of nitrogens with zero attached hydrogens (tertiary/aromatic N) is 3. The highest BCUT2D eigenvalue weighted by Gasteiger charge is 2.60. The van der Waals surface area contributed by atoms with Gasteiger partial charge in [0.05, 0.1) is 13.1 Å². The van der Waals surface area contributed by atoms with Gasteiger partial charge in [-0.05, 0) is 42.2 Å². The van der Waals surface area contributed by atoms with Crippen LogP contribution in [0.2, 0.25) is 0 Å². The highest BCUT2D eigenvalue weighted by Crippen LogP contribution is 2.59. The molecule has 2 aromatic rings. The van der Waals surface area contributed by atoms with Crippen molar-refractivity contribution < 1.29 is 14.3 Å². The second kappa shape index (κ2) is 6.76. The monoisotopic (exact) mass is 392 g/mol. The van der Waals surface area contributed by atoms with Crippen LogP contribution in [-0.4, -0.2) is 49.3 Å². The SMILES string of the molecule is CC(=O)NCC1CN(c2ccc(C34CC3CN(c3ccncc3)C4)cc2)C(=O)O1. The molecule has 1 aromatic carbocycles. The van der Waals surface area contributed by atoms with Crippen LogP contribution in [0.25, 0.3) is 0 Å². The van der Waals surface area contributed by atoms with Gasteiger partial charge in [-0.15, -0.1) is 0 Å². The summed E-state index contributed by atoms with van der Waals surface area (Å²) in [5, 5.41) is 2.70. The van der Waals surface area contributed by atoms with E-state index in [-0.39, 0.29) is 23.5 Å². The molecular formula is C22H24N4O3. The van der Waals surface area contributed by atoms with Crippen molar-refractivity contribution >= 4 is 23.4 Å². The number of pyridine rings is 1. The molecule has 1 aromatic heterocycles. The van der Waals surface area contributed by atoms with E-state index in [9.17, 15) is 9.59 Å². The van der Waals surface area contributed by atoms with Gasteiger partial charge in [-0.25, -0.2) is 4.79 Å². The maximum absolute atomic E-state index is 12.2. The van der Waals surface area contributed by atoms with Crippen LogP contribution < -0.4 is 15.1 Å². The fourth-order valence-corrected chi connectivity index (χ4v) is 4.75. The molecule has 1 aliphatic carbocycles. The molecule has 2 amide bonds. The fourth-order valence-electron chi connectivity index (χ4n) is 4.75. The van der Waals surface area contributed by atoms with E-state index in [0.717, 1.165) is 18.8 Å². The number of nitrogens with one attached hydrogen (secondary N) is 1. The van der Waals surface area contributed by atoms with E-state index in [1.54, 1.807) is 4.90 Å². The van der Waals surface area contributed by atoms with Gasteiger partial charge in [0.15, 0.2) is 0 Å². The third-order valence-electron chi connectivity index (χ3n) is 6.38. The number of fused-ring (bicyclic) bond motifs is 1. The van der Waals surface area contributed by atoms with Crippen molar-refractivity contribution in [3.05, 3.63) is 54.4 Å². The Labute approximate surface area is 169 Å². The summed E-state index contributed by atoms with van der Waals surface area (Å²) < 4.78 is 5.36. The summed E-state index contributed by atoms with van der Waals surface area (Å²) in [7, 11) is 0. The minimum atomic E-state index is -0.361. The summed E-state index contributed by atoms with van der Waals surface area (Å²) in [4.78, 5) is 31.5. The molecule has 0 radical (unpaired) electrons. The minimum absolute atomic E-state index is 0.125. The zero-order valence-corrected chi connectivity index (χ0v) is 16.4. The lowest BCUT2D eigenvalue weighted by Crippen LogP contribution is -2.33. The minimum Gasteiger partial charge on any atom is -0.442 e. The number of carbonyl (C=O) groups is 2. The molecule has 29 heavy (non-hydrogen) atoms. The van der Waals surface area contributed by atoms with Crippen molar-refractivity contribution in [1.82, 2.24) is 10.3 Å². The zero-order chi connectivity index (χ0) is 20.0. The zero-order valence-electron chi connectivity index (χ0n) is 16.4. The number of anilines is 2. The quantitative estimate of drug-likeness (QED) is 0.845. The number of carbonyl (C=O) groups excluding carboxylic acids is 2. The Balaban J connectivity index is 1.27. The first kappa shape index (κ1) is 18.0. The van der Waals surface area contributed by atoms with E-state index in [0.29, 0.717) is 19.0 Å². The van der Waals surface area contributed by atoms with Gasteiger partial charge in [0.25, 0.3) is 0 Å². The molecule has 2 saturated heterocycles. The molecule has 1 saturated carbocycles. The summed E-state index contributed by atoms with van der Waals surface area (Å²) in [6, 6.07) is 12.5. The Morgan fingerprint density at radius 1 is 1.17 bits per heavy atom. The molecule has 5 rings (SSSR count). The van der Waals surface area contributed by atoms with Crippen LogP contribution in [0.4, 0.5) is 16.2 Å². The molecule has 7 nitrogen and oxygen atoms in total. The largest absolute Gasteiger partial charge is 0.442 e. The van der Waals surface area contributed by atoms with Gasteiger partial charge in [0.2, 0.25) is 5.91 Å². The first-order valence-corrected chi connectivity index (χ1v) is 10.0. The van der Waals surface area contributed by atoms with Crippen molar-refractivity contribution in [2.24, 2.45) is 5.92 Å². The molecule has 3 aliphatic rings. The molecular weight excluding hydrogens is 368 g/mol. The molecule has 0 bridgehead atoms. The van der Waals surface area contributed by atoms with E-state index in [1.807, 2.05) is 24.5 Å². The van der Waals surface area contributed by atoms with Gasteiger partial charge in [0, 0.05) is 49.2 Å². The molecule has 3 atom stereocenters. The second-order valence-electron chi connectivity index (χ2n) is 8.24. The molecule has 3 fully saturated rings. The van der Waals surface area contributed by atoms with Crippen LogP contribution in [-0.2, 0) is 14.9 Å². The van der Waals surface area contributed by atoms with E-state index in [4.69, 9.17) is 4.74 Å². The molecule has 7 heteroatoms. The Hall–Kier alpha value is -3.09. The molecule has 2 aliphatic heterocycles. The van der Waals surface area contributed by atoms with E-state index >= 15 is 0 Å². The van der Waals surface area contributed by atoms with Crippen molar-refractivity contribution in [1.29, 1.82) is 0 Å². The average Bonchev–Trinajstić information content (AvgIpc) is 3.10. The van der Waals surface area contributed by atoms with E-state index < -0.39 is 0 Å². The molecule has 150 valence electrons. The van der Waals surface area contributed by atoms with Gasteiger partial charge in [0.1, 0.15) is 6.10 Å². The Kier molecular flexibility index (Phi) is 4.19. The number of piperidine rings is 1. The molecule has 3 unspecified atom stereocenters. The predicted octanol–water partition coefficient (Wildman–Crippen LogP) is 2.32. The molecule has 0 spiro atoms. The van der Waals surface area contributed by atoms with Crippen molar-refractivity contribution in [2.45, 2.75) is 24.9 Å². The van der Waals surface area contributed by atoms with Crippen molar-refractivity contribution in [3.8, 4) is 0 Å². The topological polar surface area (TPSA) is 74.8 Å². The smallest absolute Gasteiger partial charge is 0.414 e. The number of cyclic esters (lactones) is 1. The van der Waals surface area contributed by atoms with Crippen LogP contribution in [0, 0.1) is 5.92 Å². The lowest BCUT2D eigenvalue weighted by molar-refractivity contribution is -0.119. The summed E-state index contributed by atoms with van der Waals surface area (Å²) in [6.07, 6.45) is 4.23. The number of ether oxygens (including phenoxy) is 1. The Morgan fingerprint density at radius 3 is 2.66 bits per heavy atom. The summed E-state index contributed by atoms with van der Waals surface area (Å²) in [5.41, 5.74) is 3.63. The lowest BCUT2D eigenvalue weighted by atomic mass is 9.94. The third-order valence-corrected chi connectivity index (χ3v) is 6.38. The van der Waals surface area contributed by atoms with Crippen molar-refractivity contribution in [2.75, 3.05) is 36.0 Å². The lowest BCUT2D eigenvalue weighted by Gasteiger charge is -2.23. The summed E-state index contributed by atoms with van der Waals surface area (Å²) >= 11 is 0. The maximum Gasteiger partial charge on any atom is 0.414 e. The van der Waals surface area contributed by atoms with Crippen LogP contribution in [0.3, 0.4) is 0 Å². The number of rotatable bonds is 5. The third kappa shape index (κ3) is 3.20. The second-order valence-corrected chi connectivity index (χ2v) is 8.24. The highest BCUT2D eigenvalue weighted by molar-refractivity contribution is 5.89. The average molecular weight is 392 g/mol. The Morgan fingerprint density at radius 2 is 1.93 bits per heavy atom. The number of hydrogen-bond acceptors (Lipinski definition) is 5. The van der Waals surface area contributed by atoms with Crippen LogP contribution in [0.15, 0.2) is 48.8 Å². The van der Waals surface area contributed by atoms with Crippen LogP contribution in [0.1, 0.15) is 18.9 Å². The number of aromatic nitrogens is 1. The summed E-state index contributed by atoms with van der Waals surface area (Å²) in [5.74, 6) is 0.555. The van der Waals surface area contributed by atoms with Gasteiger partial charge in [-0.2, -0.15) is 0 Å². The fraction of sp³-hybridized carbons (Fsp3) is 0.409. The Bertz CT molecular complexity index is 933. The first-order chi connectivity index (χ1) is 14.0. The maximum atomic E-state index is 12.2. The van der Waals surface area contributed by atoms with Gasteiger partial charge in [-0.3, -0.25) is 14.7 Å². The number of benzene rings is 1. The van der Waals surface area contributed by atoms with E-state index in [2.05, 4.69) is 39.5 Å². The van der Waals surface area contributed by atoms with E-state index in [1.165, 1.54) is 24.6 Å². The normalized spacial score (nSPS) is 27.6. The van der Waals surface area contributed by atoms with Gasteiger partial charge >= 0.3 is 6.09 Å². The van der Waals surface area contributed by atoms with Crippen LogP contribution >= 0.6 is 0 Å². The van der Waals surface area contributed by atoms with Gasteiger partial charge in [-0.1, -0.05) is 12.1 Å². The molecule has 1 N–H and O–H groups in total. The summed E-state index contributed by atoms with van der Waals surface area (Å²) in [6.45, 7) is 4.34. The van der Waals surface area contributed by atoms with Crippen LogP contribution in [0.5, 0.6) is 0 Å². The number of hydrogen-bond donors (Lipinski definition) is 1. The highest BCUT2D eigenvalue weighted by atomic mass is 16.6. The number of amides is 2. The van der Waals surface area contributed by atoms with Crippen molar-refractivity contribution in [3.63, 3.8) is 0 Å². The van der Waals surface area contributed by atoms with Gasteiger partial charge < -0.3 is 15.0 Å².